The van der Waals surface area contributed by atoms with Gasteiger partial charge in [-0.1, -0.05) is 49.4 Å². The van der Waals surface area contributed by atoms with Crippen LogP contribution in [0.2, 0.25) is 0 Å². The average molecular weight is 269 g/mol. The lowest BCUT2D eigenvalue weighted by Crippen LogP contribution is -2.22. The van der Waals surface area contributed by atoms with E-state index < -0.39 is 0 Å². The quantitative estimate of drug-likeness (QED) is 0.845. The van der Waals surface area contributed by atoms with Gasteiger partial charge in [-0.15, -0.1) is 0 Å². The maximum atomic E-state index is 9.89. The minimum absolute atomic E-state index is 0.108. The van der Waals surface area contributed by atoms with Crippen molar-refractivity contribution in [2.24, 2.45) is 0 Å². The molecule has 106 valence electrons. The van der Waals surface area contributed by atoms with Crippen LogP contribution in [-0.2, 0) is 6.42 Å². The van der Waals surface area contributed by atoms with Crippen molar-refractivity contribution in [2.45, 2.75) is 39.3 Å². The minimum atomic E-state index is 0.108. The van der Waals surface area contributed by atoms with Crippen LogP contribution in [-0.4, -0.2) is 5.11 Å². The van der Waals surface area contributed by atoms with Gasteiger partial charge in [0.15, 0.2) is 0 Å². The first kappa shape index (κ1) is 14.6. The van der Waals surface area contributed by atoms with E-state index in [-0.39, 0.29) is 12.1 Å². The van der Waals surface area contributed by atoms with E-state index in [1.54, 1.807) is 6.07 Å². The molecule has 0 aliphatic carbocycles. The number of rotatable bonds is 5. The predicted molar refractivity (Wildman–Crippen MR) is 83.9 cm³/mol. The van der Waals surface area contributed by atoms with Gasteiger partial charge in [0, 0.05) is 17.6 Å². The van der Waals surface area contributed by atoms with Crippen LogP contribution in [0.15, 0.2) is 48.5 Å². The molecule has 0 spiro atoms. The second-order valence-electron chi connectivity index (χ2n) is 5.26. The molecular weight excluding hydrogens is 246 g/mol. The van der Waals surface area contributed by atoms with E-state index in [1.807, 2.05) is 18.2 Å². The zero-order valence-electron chi connectivity index (χ0n) is 12.4. The molecule has 20 heavy (non-hydrogen) atoms. The molecule has 0 aliphatic heterocycles. The zero-order valence-corrected chi connectivity index (χ0v) is 12.4. The molecule has 2 heteroatoms. The molecule has 0 radical (unpaired) electrons. The number of para-hydroxylation sites is 1. The highest BCUT2D eigenvalue weighted by atomic mass is 16.3. The van der Waals surface area contributed by atoms with Gasteiger partial charge < -0.3 is 10.4 Å². The van der Waals surface area contributed by atoms with Gasteiger partial charge in [0.1, 0.15) is 5.75 Å². The fourth-order valence-corrected chi connectivity index (χ4v) is 2.46. The second-order valence-corrected chi connectivity index (χ2v) is 5.26. The summed E-state index contributed by atoms with van der Waals surface area (Å²) in [6.45, 7) is 6.39. The van der Waals surface area contributed by atoms with Gasteiger partial charge in [0.25, 0.3) is 0 Å². The second kappa shape index (κ2) is 6.58. The lowest BCUT2D eigenvalue weighted by Gasteiger charge is -2.21. The standard InChI is InChI=1S/C18H23NO/c1-4-15-9-11-16(12-10-15)13(2)19-14(3)17-7-5-6-8-18(17)20/h5-14,19-20H,4H2,1-3H3. The van der Waals surface area contributed by atoms with Gasteiger partial charge in [-0.3, -0.25) is 0 Å². The summed E-state index contributed by atoms with van der Waals surface area (Å²) in [6, 6.07) is 16.5. The first-order valence-corrected chi connectivity index (χ1v) is 7.24. The third-order valence-corrected chi connectivity index (χ3v) is 3.79. The Balaban J connectivity index is 2.06. The van der Waals surface area contributed by atoms with E-state index in [0.29, 0.717) is 5.75 Å². The van der Waals surface area contributed by atoms with Crippen LogP contribution >= 0.6 is 0 Å². The number of benzene rings is 2. The molecule has 2 atom stereocenters. The van der Waals surface area contributed by atoms with Crippen molar-refractivity contribution in [1.29, 1.82) is 0 Å². The summed E-state index contributed by atoms with van der Waals surface area (Å²) in [5, 5.41) is 13.4. The fraction of sp³-hybridized carbons (Fsp3) is 0.333. The first-order valence-electron chi connectivity index (χ1n) is 7.24. The summed E-state index contributed by atoms with van der Waals surface area (Å²) >= 11 is 0. The molecule has 2 rings (SSSR count). The van der Waals surface area contributed by atoms with E-state index in [1.165, 1.54) is 11.1 Å². The molecule has 2 aromatic rings. The highest BCUT2D eigenvalue weighted by molar-refractivity contribution is 5.34. The number of hydrogen-bond donors (Lipinski definition) is 2. The third-order valence-electron chi connectivity index (χ3n) is 3.79. The summed E-state index contributed by atoms with van der Waals surface area (Å²) in [5.41, 5.74) is 3.56. The predicted octanol–water partition coefficient (Wildman–Crippen LogP) is 4.37. The molecule has 0 fully saturated rings. The van der Waals surface area contributed by atoms with E-state index in [0.717, 1.165) is 12.0 Å². The third kappa shape index (κ3) is 3.40. The lowest BCUT2D eigenvalue weighted by atomic mass is 10.0. The average Bonchev–Trinajstić information content (AvgIpc) is 2.47. The summed E-state index contributed by atoms with van der Waals surface area (Å²) in [4.78, 5) is 0. The molecule has 0 saturated carbocycles. The Morgan fingerprint density at radius 3 is 2.20 bits per heavy atom. The fourth-order valence-electron chi connectivity index (χ4n) is 2.46. The molecule has 2 aromatic carbocycles. The maximum absolute atomic E-state index is 9.89. The SMILES string of the molecule is CCc1ccc(C(C)NC(C)c2ccccc2O)cc1. The van der Waals surface area contributed by atoms with Crippen LogP contribution < -0.4 is 5.32 Å². The molecule has 0 aliphatic rings. The smallest absolute Gasteiger partial charge is 0.120 e. The van der Waals surface area contributed by atoms with Crippen LogP contribution in [0.3, 0.4) is 0 Å². The maximum Gasteiger partial charge on any atom is 0.120 e. The van der Waals surface area contributed by atoms with E-state index >= 15 is 0 Å². The Morgan fingerprint density at radius 2 is 1.60 bits per heavy atom. The topological polar surface area (TPSA) is 32.3 Å². The normalized spacial score (nSPS) is 13.9. The van der Waals surface area contributed by atoms with Gasteiger partial charge in [0.2, 0.25) is 0 Å². The number of phenolic OH excluding ortho intramolecular Hbond substituents is 1. The Hall–Kier alpha value is -1.80. The van der Waals surface area contributed by atoms with Crippen LogP contribution in [0.25, 0.3) is 0 Å². The largest absolute Gasteiger partial charge is 0.508 e. The monoisotopic (exact) mass is 269 g/mol. The van der Waals surface area contributed by atoms with Gasteiger partial charge in [-0.05, 0) is 37.5 Å². The molecule has 0 heterocycles. The van der Waals surface area contributed by atoms with Crippen molar-refractivity contribution in [3.63, 3.8) is 0 Å². The summed E-state index contributed by atoms with van der Waals surface area (Å²) in [6.07, 6.45) is 1.07. The van der Waals surface area contributed by atoms with Gasteiger partial charge in [0.05, 0.1) is 0 Å². The molecule has 2 unspecified atom stereocenters. The minimum Gasteiger partial charge on any atom is -0.508 e. The van der Waals surface area contributed by atoms with Crippen molar-refractivity contribution in [3.8, 4) is 5.75 Å². The van der Waals surface area contributed by atoms with Crippen molar-refractivity contribution in [3.05, 3.63) is 65.2 Å². The molecule has 0 amide bonds. The highest BCUT2D eigenvalue weighted by Gasteiger charge is 2.13. The number of phenols is 1. The molecule has 2 nitrogen and oxygen atoms in total. The van der Waals surface area contributed by atoms with Crippen molar-refractivity contribution < 1.29 is 5.11 Å². The Kier molecular flexibility index (Phi) is 4.80. The molecule has 2 N–H and O–H groups in total. The van der Waals surface area contributed by atoms with Gasteiger partial charge in [-0.25, -0.2) is 0 Å². The van der Waals surface area contributed by atoms with Gasteiger partial charge in [-0.2, -0.15) is 0 Å². The van der Waals surface area contributed by atoms with Crippen molar-refractivity contribution in [2.75, 3.05) is 0 Å². The molecule has 0 saturated heterocycles. The molecule has 0 aromatic heterocycles. The van der Waals surface area contributed by atoms with Gasteiger partial charge >= 0.3 is 0 Å². The van der Waals surface area contributed by atoms with E-state index in [9.17, 15) is 5.11 Å². The molecular formula is C18H23NO. The summed E-state index contributed by atoms with van der Waals surface area (Å²) in [5.74, 6) is 0.348. The van der Waals surface area contributed by atoms with Crippen LogP contribution in [0.1, 0.15) is 49.5 Å². The van der Waals surface area contributed by atoms with Crippen LogP contribution in [0, 0.1) is 0 Å². The Bertz CT molecular complexity index is 548. The summed E-state index contributed by atoms with van der Waals surface area (Å²) in [7, 11) is 0. The lowest BCUT2D eigenvalue weighted by molar-refractivity contribution is 0.438. The Labute approximate surface area is 121 Å². The number of nitrogens with one attached hydrogen (secondary N) is 1. The summed E-state index contributed by atoms with van der Waals surface area (Å²) < 4.78 is 0. The number of aromatic hydroxyl groups is 1. The highest BCUT2D eigenvalue weighted by Crippen LogP contribution is 2.26. The number of aryl methyl sites for hydroxylation is 1. The number of hydrogen-bond acceptors (Lipinski definition) is 2. The first-order chi connectivity index (χ1) is 9.61. The van der Waals surface area contributed by atoms with E-state index in [2.05, 4.69) is 50.4 Å². The van der Waals surface area contributed by atoms with Crippen molar-refractivity contribution >= 4 is 0 Å². The van der Waals surface area contributed by atoms with Crippen molar-refractivity contribution in [1.82, 2.24) is 5.32 Å². The van der Waals surface area contributed by atoms with Crippen LogP contribution in [0.5, 0.6) is 5.75 Å². The Morgan fingerprint density at radius 1 is 0.950 bits per heavy atom. The van der Waals surface area contributed by atoms with E-state index in [4.69, 9.17) is 0 Å². The zero-order chi connectivity index (χ0) is 14.5. The van der Waals surface area contributed by atoms with Crippen LogP contribution in [0.4, 0.5) is 0 Å². The molecule has 0 bridgehead atoms.